The van der Waals surface area contributed by atoms with Crippen molar-refractivity contribution in [3.8, 4) is 5.75 Å². The Labute approximate surface area is 79.0 Å². The summed E-state index contributed by atoms with van der Waals surface area (Å²) >= 11 is 0. The van der Waals surface area contributed by atoms with Gasteiger partial charge in [-0.1, -0.05) is 0 Å². The Morgan fingerprint density at radius 1 is 1.57 bits per heavy atom. The van der Waals surface area contributed by atoms with Gasteiger partial charge in [-0.3, -0.25) is 4.79 Å². The Kier molecular flexibility index (Phi) is 3.09. The fraction of sp³-hybridized carbons (Fsp3) is 0.111. The molecule has 0 atom stereocenters. The van der Waals surface area contributed by atoms with E-state index in [1.807, 2.05) is 0 Å². The number of nitrogens with zero attached hydrogens (tertiary/aromatic N) is 1. The van der Waals surface area contributed by atoms with Gasteiger partial charge in [0.05, 0.1) is 12.7 Å². The van der Waals surface area contributed by atoms with Crippen LogP contribution in [0.25, 0.3) is 0 Å². The molecular formula is C9H6FNO3. The molecule has 0 bridgehead atoms. The Morgan fingerprint density at radius 3 is 2.86 bits per heavy atom. The van der Waals surface area contributed by atoms with Gasteiger partial charge in [-0.15, -0.1) is 4.99 Å². The molecule has 72 valence electrons. The van der Waals surface area contributed by atoms with E-state index in [1.54, 1.807) is 0 Å². The molecule has 0 fully saturated rings. The maximum atomic E-state index is 12.7. The summed E-state index contributed by atoms with van der Waals surface area (Å²) in [7, 11) is 1.33. The number of aliphatic imine (C=N–C) groups is 1. The molecule has 0 aliphatic heterocycles. The van der Waals surface area contributed by atoms with Crippen molar-refractivity contribution < 1.29 is 18.7 Å². The summed E-state index contributed by atoms with van der Waals surface area (Å²) in [5.41, 5.74) is -0.101. The average Bonchev–Trinajstić information content (AvgIpc) is 2.18. The predicted molar refractivity (Wildman–Crippen MR) is 45.4 cm³/mol. The zero-order valence-corrected chi connectivity index (χ0v) is 7.28. The molecule has 1 amide bonds. The van der Waals surface area contributed by atoms with Gasteiger partial charge in [0.2, 0.25) is 6.08 Å². The topological polar surface area (TPSA) is 55.7 Å². The van der Waals surface area contributed by atoms with E-state index in [4.69, 9.17) is 4.74 Å². The van der Waals surface area contributed by atoms with Gasteiger partial charge in [-0.05, 0) is 18.2 Å². The molecule has 0 radical (unpaired) electrons. The van der Waals surface area contributed by atoms with Gasteiger partial charge in [0.1, 0.15) is 11.6 Å². The lowest BCUT2D eigenvalue weighted by Crippen LogP contribution is -1.99. The summed E-state index contributed by atoms with van der Waals surface area (Å²) in [6.45, 7) is 0. The molecule has 0 unspecified atom stereocenters. The number of carbonyl (C=O) groups excluding carboxylic acids is 2. The molecule has 0 aliphatic rings. The molecule has 0 saturated carbocycles. The smallest absolute Gasteiger partial charge is 0.291 e. The summed E-state index contributed by atoms with van der Waals surface area (Å²) in [6, 6.07) is 3.37. The second-order valence-corrected chi connectivity index (χ2v) is 2.35. The zero-order chi connectivity index (χ0) is 10.6. The molecule has 1 aromatic carbocycles. The van der Waals surface area contributed by atoms with Gasteiger partial charge in [-0.25, -0.2) is 9.18 Å². The number of benzene rings is 1. The van der Waals surface area contributed by atoms with Crippen LogP contribution in [-0.4, -0.2) is 19.1 Å². The largest absolute Gasteiger partial charge is 0.496 e. The number of hydrogen-bond donors (Lipinski definition) is 0. The van der Waals surface area contributed by atoms with Gasteiger partial charge in [0, 0.05) is 0 Å². The van der Waals surface area contributed by atoms with Gasteiger partial charge >= 0.3 is 0 Å². The minimum Gasteiger partial charge on any atom is -0.496 e. The van der Waals surface area contributed by atoms with Crippen molar-refractivity contribution in [1.82, 2.24) is 0 Å². The summed E-state index contributed by atoms with van der Waals surface area (Å²) in [4.78, 5) is 23.8. The highest BCUT2D eigenvalue weighted by Gasteiger charge is 2.12. The highest BCUT2D eigenvalue weighted by molar-refractivity contribution is 5.99. The first-order valence-corrected chi connectivity index (χ1v) is 3.64. The van der Waals surface area contributed by atoms with Crippen LogP contribution < -0.4 is 4.74 Å². The Balaban J connectivity index is 3.23. The monoisotopic (exact) mass is 195 g/mol. The van der Waals surface area contributed by atoms with Crippen LogP contribution in [0.4, 0.5) is 4.39 Å². The van der Waals surface area contributed by atoms with Crippen LogP contribution in [0.5, 0.6) is 5.75 Å². The fourth-order valence-corrected chi connectivity index (χ4v) is 0.949. The third kappa shape index (κ3) is 2.02. The number of rotatable bonds is 2. The second kappa shape index (κ2) is 4.30. The first kappa shape index (κ1) is 10.1. The summed E-state index contributed by atoms with van der Waals surface area (Å²) in [5.74, 6) is -1.32. The normalized spacial score (nSPS) is 9.00. The van der Waals surface area contributed by atoms with E-state index in [0.29, 0.717) is 0 Å². The van der Waals surface area contributed by atoms with Crippen LogP contribution in [0.2, 0.25) is 0 Å². The highest BCUT2D eigenvalue weighted by atomic mass is 19.1. The molecule has 0 aromatic heterocycles. The highest BCUT2D eigenvalue weighted by Crippen LogP contribution is 2.19. The average molecular weight is 195 g/mol. The lowest BCUT2D eigenvalue weighted by Gasteiger charge is -2.03. The fourth-order valence-electron chi connectivity index (χ4n) is 0.949. The number of carbonyl (C=O) groups is 1. The summed E-state index contributed by atoms with van der Waals surface area (Å²) in [6.07, 6.45) is 1.08. The maximum Gasteiger partial charge on any atom is 0.291 e. The SMILES string of the molecule is COc1ccc(F)cc1C(=O)N=C=O. The van der Waals surface area contributed by atoms with Crippen LogP contribution in [0, 0.1) is 5.82 Å². The van der Waals surface area contributed by atoms with Crippen molar-refractivity contribution in [2.24, 2.45) is 4.99 Å². The molecule has 1 aromatic rings. The first-order chi connectivity index (χ1) is 6.69. The zero-order valence-electron chi connectivity index (χ0n) is 7.28. The Morgan fingerprint density at radius 2 is 2.29 bits per heavy atom. The third-order valence-electron chi connectivity index (χ3n) is 1.54. The molecule has 1 rings (SSSR count). The van der Waals surface area contributed by atoms with Crippen LogP contribution in [0.3, 0.4) is 0 Å². The predicted octanol–water partition coefficient (Wildman–Crippen LogP) is 1.31. The quantitative estimate of drug-likeness (QED) is 0.528. The van der Waals surface area contributed by atoms with Crippen molar-refractivity contribution >= 4 is 12.0 Å². The number of ether oxygens (including phenoxy) is 1. The lowest BCUT2D eigenvalue weighted by atomic mass is 10.2. The molecule has 4 nitrogen and oxygen atoms in total. The molecule has 0 heterocycles. The van der Waals surface area contributed by atoms with Gasteiger partial charge < -0.3 is 4.74 Å². The van der Waals surface area contributed by atoms with Crippen molar-refractivity contribution in [3.05, 3.63) is 29.6 Å². The molecule has 0 spiro atoms. The van der Waals surface area contributed by atoms with Gasteiger partial charge in [0.25, 0.3) is 5.91 Å². The number of amides is 1. The number of isocyanates is 1. The van der Waals surface area contributed by atoms with Gasteiger partial charge in [0.15, 0.2) is 0 Å². The molecular weight excluding hydrogens is 189 g/mol. The van der Waals surface area contributed by atoms with Crippen LogP contribution in [0.15, 0.2) is 23.2 Å². The van der Waals surface area contributed by atoms with Crippen LogP contribution >= 0.6 is 0 Å². The van der Waals surface area contributed by atoms with Crippen molar-refractivity contribution in [2.75, 3.05) is 7.11 Å². The Bertz CT molecular complexity index is 411. The van der Waals surface area contributed by atoms with E-state index in [-0.39, 0.29) is 11.3 Å². The maximum absolute atomic E-state index is 12.7. The molecule has 0 saturated heterocycles. The van der Waals surface area contributed by atoms with E-state index in [2.05, 4.69) is 4.99 Å². The minimum absolute atomic E-state index is 0.101. The van der Waals surface area contributed by atoms with Gasteiger partial charge in [-0.2, -0.15) is 0 Å². The van der Waals surface area contributed by atoms with E-state index in [9.17, 15) is 14.0 Å². The van der Waals surface area contributed by atoms with Crippen LogP contribution in [0.1, 0.15) is 10.4 Å². The second-order valence-electron chi connectivity index (χ2n) is 2.35. The molecule has 0 aliphatic carbocycles. The van der Waals surface area contributed by atoms with Crippen LogP contribution in [-0.2, 0) is 4.79 Å². The minimum atomic E-state index is -0.878. The van der Waals surface area contributed by atoms with Crippen molar-refractivity contribution in [1.29, 1.82) is 0 Å². The summed E-state index contributed by atoms with van der Waals surface area (Å²) in [5, 5.41) is 0. The number of hydrogen-bond acceptors (Lipinski definition) is 3. The third-order valence-corrected chi connectivity index (χ3v) is 1.54. The number of halogens is 1. The first-order valence-electron chi connectivity index (χ1n) is 3.64. The number of methoxy groups -OCH3 is 1. The van der Waals surface area contributed by atoms with E-state index >= 15 is 0 Å². The molecule has 5 heteroatoms. The van der Waals surface area contributed by atoms with E-state index in [1.165, 1.54) is 13.2 Å². The lowest BCUT2D eigenvalue weighted by molar-refractivity contribution is 0.0999. The Hall–Kier alpha value is -2.00. The van der Waals surface area contributed by atoms with Crippen molar-refractivity contribution in [2.45, 2.75) is 0 Å². The van der Waals surface area contributed by atoms with E-state index < -0.39 is 11.7 Å². The molecule has 14 heavy (non-hydrogen) atoms. The summed E-state index contributed by atoms with van der Waals surface area (Å²) < 4.78 is 17.5. The van der Waals surface area contributed by atoms with E-state index in [0.717, 1.165) is 18.2 Å². The standard InChI is InChI=1S/C9H6FNO3/c1-14-8-3-2-6(10)4-7(8)9(13)11-5-12/h2-4H,1H3. The molecule has 0 N–H and O–H groups in total. The van der Waals surface area contributed by atoms with Crippen molar-refractivity contribution in [3.63, 3.8) is 0 Å².